The van der Waals surface area contributed by atoms with E-state index >= 15 is 0 Å². The number of ether oxygens (including phenoxy) is 1. The summed E-state index contributed by atoms with van der Waals surface area (Å²) in [5.41, 5.74) is 0.606. The van der Waals surface area contributed by atoms with E-state index in [1.165, 1.54) is 43.9 Å². The summed E-state index contributed by atoms with van der Waals surface area (Å²) in [5.74, 6) is 0. The van der Waals surface area contributed by atoms with Gasteiger partial charge in [-0.3, -0.25) is 0 Å². The van der Waals surface area contributed by atoms with Crippen molar-refractivity contribution in [3.05, 3.63) is 0 Å². The molecule has 0 aromatic carbocycles. The Morgan fingerprint density at radius 1 is 1.38 bits per heavy atom. The van der Waals surface area contributed by atoms with Crippen molar-refractivity contribution < 1.29 is 4.74 Å². The van der Waals surface area contributed by atoms with E-state index in [0.29, 0.717) is 17.6 Å². The van der Waals surface area contributed by atoms with Crippen LogP contribution in [0, 0.1) is 5.41 Å². The maximum atomic E-state index is 5.87. The van der Waals surface area contributed by atoms with Crippen molar-refractivity contribution in [2.75, 3.05) is 5.33 Å². The molecule has 0 N–H and O–H groups in total. The summed E-state index contributed by atoms with van der Waals surface area (Å²) in [4.78, 5) is 0. The predicted octanol–water partition coefficient (Wildman–Crippen LogP) is 3.51. The SMILES string of the molecule is CC1CCC(CC2(CBr)CCC2)O1. The Bertz CT molecular complexity index is 171. The first-order valence-electron chi connectivity index (χ1n) is 5.45. The molecular formula is C11H19BrO. The second-order valence-electron chi connectivity index (χ2n) is 4.84. The molecule has 0 radical (unpaired) electrons. The Balaban J connectivity index is 1.83. The van der Waals surface area contributed by atoms with Gasteiger partial charge in [0.2, 0.25) is 0 Å². The molecule has 0 amide bonds. The molecule has 0 spiro atoms. The van der Waals surface area contributed by atoms with E-state index in [0.717, 1.165) is 0 Å². The van der Waals surface area contributed by atoms with E-state index in [1.807, 2.05) is 0 Å². The summed E-state index contributed by atoms with van der Waals surface area (Å²) in [5, 5.41) is 1.17. The van der Waals surface area contributed by atoms with E-state index in [-0.39, 0.29) is 0 Å². The molecule has 0 bridgehead atoms. The van der Waals surface area contributed by atoms with Gasteiger partial charge >= 0.3 is 0 Å². The molecule has 2 unspecified atom stereocenters. The highest BCUT2D eigenvalue weighted by Gasteiger charge is 2.39. The van der Waals surface area contributed by atoms with Crippen LogP contribution in [0.3, 0.4) is 0 Å². The standard InChI is InChI=1S/C11H19BrO/c1-9-3-4-10(13-9)7-11(8-12)5-2-6-11/h9-10H,2-8H2,1H3. The molecule has 0 aromatic heterocycles. The van der Waals surface area contributed by atoms with Crippen LogP contribution in [0.5, 0.6) is 0 Å². The van der Waals surface area contributed by atoms with E-state index in [1.54, 1.807) is 0 Å². The molecular weight excluding hydrogens is 228 g/mol. The molecule has 2 rings (SSSR count). The van der Waals surface area contributed by atoms with Crippen molar-refractivity contribution in [1.82, 2.24) is 0 Å². The van der Waals surface area contributed by atoms with Gasteiger partial charge in [-0.2, -0.15) is 0 Å². The number of alkyl halides is 1. The van der Waals surface area contributed by atoms with Gasteiger partial charge in [0.25, 0.3) is 0 Å². The lowest BCUT2D eigenvalue weighted by molar-refractivity contribution is 0.00579. The summed E-state index contributed by atoms with van der Waals surface area (Å²) in [6.45, 7) is 2.20. The van der Waals surface area contributed by atoms with Crippen LogP contribution in [0.25, 0.3) is 0 Å². The fraction of sp³-hybridized carbons (Fsp3) is 1.00. The van der Waals surface area contributed by atoms with Crippen LogP contribution in [-0.2, 0) is 4.74 Å². The Morgan fingerprint density at radius 3 is 2.54 bits per heavy atom. The van der Waals surface area contributed by atoms with Crippen molar-refractivity contribution in [3.8, 4) is 0 Å². The Hall–Kier alpha value is 0.440. The van der Waals surface area contributed by atoms with Crippen LogP contribution >= 0.6 is 15.9 Å². The quantitative estimate of drug-likeness (QED) is 0.693. The molecule has 1 saturated carbocycles. The number of halogens is 1. The third-order valence-electron chi connectivity index (χ3n) is 3.68. The number of hydrogen-bond acceptors (Lipinski definition) is 1. The summed E-state index contributed by atoms with van der Waals surface area (Å²) >= 11 is 3.65. The largest absolute Gasteiger partial charge is 0.375 e. The van der Waals surface area contributed by atoms with Gasteiger partial charge in [-0.05, 0) is 44.4 Å². The maximum Gasteiger partial charge on any atom is 0.0585 e. The summed E-state index contributed by atoms with van der Waals surface area (Å²) in [7, 11) is 0. The molecule has 2 atom stereocenters. The smallest absolute Gasteiger partial charge is 0.0585 e. The van der Waals surface area contributed by atoms with Crippen molar-refractivity contribution in [3.63, 3.8) is 0 Å². The van der Waals surface area contributed by atoms with E-state index in [2.05, 4.69) is 22.9 Å². The van der Waals surface area contributed by atoms with E-state index < -0.39 is 0 Å². The predicted molar refractivity (Wildman–Crippen MR) is 58.3 cm³/mol. The van der Waals surface area contributed by atoms with Crippen LogP contribution in [-0.4, -0.2) is 17.5 Å². The highest BCUT2D eigenvalue weighted by Crippen LogP contribution is 2.47. The second-order valence-corrected chi connectivity index (χ2v) is 5.40. The van der Waals surface area contributed by atoms with Crippen LogP contribution < -0.4 is 0 Å². The average Bonchev–Trinajstić information content (AvgIpc) is 2.44. The zero-order valence-corrected chi connectivity index (χ0v) is 9.98. The lowest BCUT2D eigenvalue weighted by Gasteiger charge is -2.42. The molecule has 1 saturated heterocycles. The summed E-state index contributed by atoms with van der Waals surface area (Å²) < 4.78 is 5.87. The molecule has 1 aliphatic carbocycles. The minimum Gasteiger partial charge on any atom is -0.375 e. The monoisotopic (exact) mass is 246 g/mol. The van der Waals surface area contributed by atoms with Crippen molar-refractivity contribution >= 4 is 15.9 Å². The number of rotatable bonds is 3. The van der Waals surface area contributed by atoms with Crippen molar-refractivity contribution in [2.45, 2.75) is 57.7 Å². The van der Waals surface area contributed by atoms with Crippen LogP contribution in [0.2, 0.25) is 0 Å². The Labute approximate surface area is 89.4 Å². The molecule has 76 valence electrons. The summed E-state index contributed by atoms with van der Waals surface area (Å²) in [6, 6.07) is 0. The van der Waals surface area contributed by atoms with Gasteiger partial charge < -0.3 is 4.74 Å². The van der Waals surface area contributed by atoms with Gasteiger partial charge in [-0.15, -0.1) is 0 Å². The van der Waals surface area contributed by atoms with Crippen LogP contribution in [0.4, 0.5) is 0 Å². The second kappa shape index (κ2) is 3.90. The highest BCUT2D eigenvalue weighted by atomic mass is 79.9. The first-order chi connectivity index (χ1) is 6.24. The maximum absolute atomic E-state index is 5.87. The molecule has 13 heavy (non-hydrogen) atoms. The first-order valence-corrected chi connectivity index (χ1v) is 6.58. The average molecular weight is 247 g/mol. The topological polar surface area (TPSA) is 9.23 Å². The molecule has 1 heterocycles. The molecule has 2 aliphatic rings. The van der Waals surface area contributed by atoms with Gasteiger partial charge in [0, 0.05) is 5.33 Å². The zero-order valence-electron chi connectivity index (χ0n) is 8.39. The lowest BCUT2D eigenvalue weighted by atomic mass is 9.67. The third-order valence-corrected chi connectivity index (χ3v) is 4.87. The third kappa shape index (κ3) is 2.10. The fourth-order valence-corrected chi connectivity index (χ4v) is 3.38. The Morgan fingerprint density at radius 2 is 2.15 bits per heavy atom. The minimum atomic E-state index is 0.512. The molecule has 1 nitrogen and oxygen atoms in total. The Kier molecular flexibility index (Phi) is 2.99. The van der Waals surface area contributed by atoms with Gasteiger partial charge in [-0.1, -0.05) is 22.4 Å². The molecule has 2 heteroatoms. The van der Waals surface area contributed by atoms with E-state index in [9.17, 15) is 0 Å². The van der Waals surface area contributed by atoms with Gasteiger partial charge in [0.05, 0.1) is 12.2 Å². The lowest BCUT2D eigenvalue weighted by Crippen LogP contribution is -2.35. The fourth-order valence-electron chi connectivity index (χ4n) is 2.59. The van der Waals surface area contributed by atoms with Crippen LogP contribution in [0.1, 0.15) is 45.4 Å². The minimum absolute atomic E-state index is 0.512. The van der Waals surface area contributed by atoms with Crippen molar-refractivity contribution in [2.24, 2.45) is 5.41 Å². The summed E-state index contributed by atoms with van der Waals surface area (Å²) in [6.07, 6.45) is 9.17. The first kappa shape index (κ1) is 9.97. The molecule has 0 aromatic rings. The highest BCUT2D eigenvalue weighted by molar-refractivity contribution is 9.09. The van der Waals surface area contributed by atoms with Gasteiger partial charge in [0.15, 0.2) is 0 Å². The molecule has 2 fully saturated rings. The van der Waals surface area contributed by atoms with Gasteiger partial charge in [0.1, 0.15) is 0 Å². The van der Waals surface area contributed by atoms with Crippen LogP contribution in [0.15, 0.2) is 0 Å². The number of hydrogen-bond donors (Lipinski definition) is 0. The van der Waals surface area contributed by atoms with Gasteiger partial charge in [-0.25, -0.2) is 0 Å². The zero-order chi connectivity index (χ0) is 9.31. The van der Waals surface area contributed by atoms with Crippen molar-refractivity contribution in [1.29, 1.82) is 0 Å². The van der Waals surface area contributed by atoms with E-state index in [4.69, 9.17) is 4.74 Å². The normalized spacial score (nSPS) is 37.4. The molecule has 1 aliphatic heterocycles.